The van der Waals surface area contributed by atoms with Gasteiger partial charge in [-0.1, -0.05) is 27.2 Å². The predicted molar refractivity (Wildman–Crippen MR) is 192 cm³/mol. The number of phenols is 2. The molecule has 4 aliphatic rings. The lowest BCUT2D eigenvalue weighted by atomic mass is 10.0. The van der Waals surface area contributed by atoms with Crippen LogP contribution in [0, 0.1) is 0 Å². The van der Waals surface area contributed by atoms with Crippen molar-refractivity contribution in [2.24, 2.45) is 15.6 Å². The monoisotopic (exact) mass is 799 g/mol. The summed E-state index contributed by atoms with van der Waals surface area (Å²) >= 11 is 8.46. The Morgan fingerprint density at radius 2 is 1.98 bits per heavy atom. The van der Waals surface area contributed by atoms with E-state index in [2.05, 4.69) is 41.1 Å². The molecule has 8 N–H and O–H groups in total. The number of benzene rings is 1. The summed E-state index contributed by atoms with van der Waals surface area (Å²) in [5, 5.41) is 42.8. The fourth-order valence-electron chi connectivity index (χ4n) is 6.22. The van der Waals surface area contributed by atoms with E-state index in [1.165, 1.54) is 37.7 Å². The lowest BCUT2D eigenvalue weighted by Crippen LogP contribution is -2.72. The quantitative estimate of drug-likeness (QED) is 0.0492. The second-order valence-corrected chi connectivity index (χ2v) is 15.1. The van der Waals surface area contributed by atoms with Crippen LogP contribution in [-0.2, 0) is 32.2 Å². The third-order valence-corrected chi connectivity index (χ3v) is 11.3. The number of aliphatic carboxylic acids is 1. The summed E-state index contributed by atoms with van der Waals surface area (Å²) in [6.07, 6.45) is 2.49. The highest BCUT2D eigenvalue weighted by molar-refractivity contribution is 8.00. The number of carboxylic acids is 1. The van der Waals surface area contributed by atoms with Crippen LogP contribution in [0.15, 0.2) is 57.3 Å². The molecule has 0 saturated carbocycles. The van der Waals surface area contributed by atoms with Gasteiger partial charge in [0.25, 0.3) is 17.7 Å². The number of thioether (sulfide) groups is 1. The molecule has 54 heavy (non-hydrogen) atoms. The van der Waals surface area contributed by atoms with Gasteiger partial charge in [0.2, 0.25) is 22.8 Å². The van der Waals surface area contributed by atoms with Gasteiger partial charge in [0, 0.05) is 41.9 Å². The van der Waals surface area contributed by atoms with E-state index in [0.717, 1.165) is 22.8 Å². The third-order valence-electron chi connectivity index (χ3n) is 9.01. The number of carboxylic acid groups (broad SMARTS) is 1. The van der Waals surface area contributed by atoms with Gasteiger partial charge in [-0.05, 0) is 38.5 Å². The number of amides is 3. The molecule has 7 rings (SSSR count). The summed E-state index contributed by atoms with van der Waals surface area (Å²) in [6, 6.07) is 5.19. The minimum Gasteiger partial charge on any atom is -0.504 e. The maximum absolute atomic E-state index is 13.9. The van der Waals surface area contributed by atoms with Crippen LogP contribution in [-0.4, -0.2) is 94.5 Å². The highest BCUT2D eigenvalue weighted by Crippen LogP contribution is 2.42. The van der Waals surface area contributed by atoms with Crippen LogP contribution in [0.4, 0.5) is 10.8 Å². The number of phenolic OH excluding ortho intramolecular Hbond substituents is 2. The number of carbonyl (C=O) groups is 4. The summed E-state index contributed by atoms with van der Waals surface area (Å²) in [5.41, 5.74) is 12.2. The number of hydrogen-bond acceptors (Lipinski definition) is 17. The Morgan fingerprint density at radius 1 is 1.22 bits per heavy atom. The van der Waals surface area contributed by atoms with E-state index >= 15 is 0 Å². The third kappa shape index (κ3) is 6.55. The van der Waals surface area contributed by atoms with Gasteiger partial charge in [-0.2, -0.15) is 13.9 Å². The number of anilines is 2. The van der Waals surface area contributed by atoms with Gasteiger partial charge in [-0.15, -0.1) is 11.8 Å². The first kappa shape index (κ1) is 36.6. The number of aromatic nitrogens is 3. The Labute approximate surface area is 318 Å². The number of pyridine rings is 1. The van der Waals surface area contributed by atoms with Crippen LogP contribution in [0.25, 0.3) is 0 Å². The van der Waals surface area contributed by atoms with E-state index in [0.29, 0.717) is 43.1 Å². The second kappa shape index (κ2) is 14.2. The molecule has 0 unspecified atom stereocenters. The number of fused-ring (bicyclic) bond motifs is 2. The van der Waals surface area contributed by atoms with Crippen molar-refractivity contribution in [3.8, 4) is 11.5 Å². The van der Waals surface area contributed by atoms with Crippen LogP contribution in [0.2, 0.25) is 5.02 Å². The highest BCUT2D eigenvalue weighted by Gasteiger charge is 2.55. The predicted octanol–water partition coefficient (Wildman–Crippen LogP) is 0.805. The van der Waals surface area contributed by atoms with Crippen LogP contribution in [0.1, 0.15) is 42.1 Å². The Balaban J connectivity index is 1.15. The van der Waals surface area contributed by atoms with Gasteiger partial charge in [0.05, 0.1) is 16.3 Å². The average molecular weight is 800 g/mol. The normalized spacial score (nSPS) is 19.8. The van der Waals surface area contributed by atoms with Gasteiger partial charge in [-0.25, -0.2) is 4.79 Å². The topological polar surface area (TPSA) is 274 Å². The van der Waals surface area contributed by atoms with E-state index in [9.17, 15) is 34.5 Å². The molecule has 3 amide bonds. The summed E-state index contributed by atoms with van der Waals surface area (Å²) in [4.78, 5) is 65.0. The van der Waals surface area contributed by atoms with Crippen LogP contribution >= 0.6 is 34.9 Å². The summed E-state index contributed by atoms with van der Waals surface area (Å²) in [6.45, 7) is 3.22. The standard InChI is InChI=1S/C31H31ClN12O8S2/c1-31(2,29(50)51)52-38-19(23-35-30(33)54-39-23)25(47)34-20-27(49)44-21(24-36-40-41-37-24)13(12-53-28(20)44)11-42-9-3-6-16-15(42)5-4-10-43(16)26(48)14-7-8-17(45)22(46)18(14)32/h3,6-9,20,24,28H,4-5,10-12H2,1-2H3,(H7-,33,34,35,36,37,38,39,40,41,45,46,47,48,50,51)/p+1/t20-,28-/m1/s1. The molecule has 2 aromatic heterocycles. The first-order valence-electron chi connectivity index (χ1n) is 16.3. The van der Waals surface area contributed by atoms with Gasteiger partial charge >= 0.3 is 5.97 Å². The van der Waals surface area contributed by atoms with Crippen molar-refractivity contribution >= 4 is 75.1 Å². The zero-order chi connectivity index (χ0) is 38.5. The van der Waals surface area contributed by atoms with Gasteiger partial charge in [0.15, 0.2) is 35.5 Å². The molecule has 2 atom stereocenters. The second-order valence-electron chi connectivity index (χ2n) is 12.9. The zero-order valence-corrected chi connectivity index (χ0v) is 30.8. The van der Waals surface area contributed by atoms with Crippen molar-refractivity contribution in [3.05, 3.63) is 63.8 Å². The van der Waals surface area contributed by atoms with Crippen molar-refractivity contribution in [2.45, 2.75) is 56.4 Å². The largest absolute Gasteiger partial charge is 0.504 e. The molecule has 6 heterocycles. The fraction of sp³-hybridized carbons (Fsp3) is 0.355. The maximum Gasteiger partial charge on any atom is 0.350 e. The molecular formula is C31H32ClN12O8S2+. The summed E-state index contributed by atoms with van der Waals surface area (Å²) < 4.78 is 6.01. The van der Waals surface area contributed by atoms with E-state index in [-0.39, 0.29) is 21.5 Å². The van der Waals surface area contributed by atoms with Crippen LogP contribution in [0.5, 0.6) is 11.5 Å². The lowest BCUT2D eigenvalue weighted by Gasteiger charge is -2.51. The number of nitrogens with one attached hydrogen (secondary N) is 3. The van der Waals surface area contributed by atoms with E-state index in [1.807, 2.05) is 22.9 Å². The maximum atomic E-state index is 13.9. The summed E-state index contributed by atoms with van der Waals surface area (Å²) in [5.74, 6) is -3.86. The molecule has 20 nitrogen and oxygen atoms in total. The first-order chi connectivity index (χ1) is 25.8. The molecule has 1 saturated heterocycles. The smallest absolute Gasteiger partial charge is 0.350 e. The Morgan fingerprint density at radius 3 is 2.69 bits per heavy atom. The number of nitrogens with zero attached hydrogens (tertiary/aromatic N) is 8. The zero-order valence-electron chi connectivity index (χ0n) is 28.4. The molecule has 0 radical (unpaired) electrons. The molecule has 1 fully saturated rings. The number of nitrogen functional groups attached to an aromatic ring is 1. The molecule has 3 aromatic rings. The number of nitrogens with two attached hydrogens (primary N) is 1. The lowest BCUT2D eigenvalue weighted by molar-refractivity contribution is -0.696. The number of carbonyl (C=O) groups excluding carboxylic acids is 3. The molecule has 282 valence electrons. The van der Waals surface area contributed by atoms with Crippen LogP contribution in [0.3, 0.4) is 0 Å². The number of halogens is 1. The van der Waals surface area contributed by atoms with E-state index in [4.69, 9.17) is 22.2 Å². The minimum absolute atomic E-state index is 0.0327. The highest BCUT2D eigenvalue weighted by atomic mass is 35.5. The molecule has 0 aliphatic carbocycles. The van der Waals surface area contributed by atoms with Crippen molar-refractivity contribution in [3.63, 3.8) is 0 Å². The van der Waals surface area contributed by atoms with Crippen molar-refractivity contribution in [1.29, 1.82) is 0 Å². The Kier molecular flexibility index (Phi) is 9.66. The first-order valence-corrected chi connectivity index (χ1v) is 18.5. The van der Waals surface area contributed by atoms with Gasteiger partial charge < -0.3 is 36.1 Å². The summed E-state index contributed by atoms with van der Waals surface area (Å²) in [7, 11) is 0. The number of oxime groups is 1. The Bertz CT molecular complexity index is 2170. The number of aromatic hydroxyl groups is 2. The molecule has 1 aromatic carbocycles. The fourth-order valence-corrected chi connectivity index (χ4v) is 8.25. The minimum atomic E-state index is -1.79. The molecule has 4 aliphatic heterocycles. The average Bonchev–Trinajstić information content (AvgIpc) is 3.85. The van der Waals surface area contributed by atoms with E-state index in [1.54, 1.807) is 9.80 Å². The molecule has 0 bridgehead atoms. The SMILES string of the molecule is CC(C)(O/N=C(\C(=O)N[C@@H]1C(=O)N2C(C3NN=NN3)=C(C[n+]3cccc4c3CCCN4C(=O)c3ccc(O)c(O)c3Cl)CS[C@H]12)c1nsc(N)n1)C(=O)O. The molecular weight excluding hydrogens is 768 g/mol. The van der Waals surface area contributed by atoms with Crippen molar-refractivity contribution < 1.29 is 43.9 Å². The number of hydrogen-bond donors (Lipinski definition) is 7. The van der Waals surface area contributed by atoms with E-state index < -0.39 is 64.1 Å². The molecule has 0 spiro atoms. The number of β-lactam (4-membered cyclic amide) rings is 1. The van der Waals surface area contributed by atoms with Gasteiger partial charge in [-0.3, -0.25) is 30.1 Å². The van der Waals surface area contributed by atoms with Crippen molar-refractivity contribution in [2.75, 3.05) is 22.9 Å². The Hall–Kier alpha value is -5.74. The molecule has 23 heteroatoms. The van der Waals surface area contributed by atoms with Crippen LogP contribution < -0.4 is 31.4 Å². The van der Waals surface area contributed by atoms with Crippen molar-refractivity contribution in [1.82, 2.24) is 30.4 Å². The number of rotatable bonds is 10. The van der Waals surface area contributed by atoms with Gasteiger partial charge in [0.1, 0.15) is 17.1 Å².